The zero-order valence-corrected chi connectivity index (χ0v) is 9.22. The number of rotatable bonds is 2. The van der Waals surface area contributed by atoms with E-state index in [9.17, 15) is 4.79 Å². The van der Waals surface area contributed by atoms with Crippen LogP contribution >= 0.6 is 12.4 Å². The number of benzene rings is 1. The fraction of sp³-hybridized carbons (Fsp3) is 0.364. The number of nitrogens with two attached hydrogens (primary N) is 1. The van der Waals surface area contributed by atoms with Crippen molar-refractivity contribution in [2.24, 2.45) is 5.73 Å². The fourth-order valence-corrected chi connectivity index (χ4v) is 1.96. The molecule has 1 aliphatic rings. The predicted octanol–water partition coefficient (Wildman–Crippen LogP) is 1.17. The average Bonchev–Trinajstić information content (AvgIpc) is 2.62. The van der Waals surface area contributed by atoms with Crippen molar-refractivity contribution >= 4 is 18.3 Å². The van der Waals surface area contributed by atoms with E-state index < -0.39 is 0 Å². The molecule has 0 spiro atoms. The number of fused-ring (bicyclic) bond motifs is 1. The summed E-state index contributed by atoms with van der Waals surface area (Å²) in [5.74, 6) is -0.0771. The number of hydrogen-bond donors (Lipinski definition) is 2. The van der Waals surface area contributed by atoms with E-state index >= 15 is 0 Å². The molecule has 82 valence electrons. The first-order chi connectivity index (χ1) is 6.81. The smallest absolute Gasteiger partial charge is 0.234 e. The Morgan fingerprint density at radius 1 is 1.47 bits per heavy atom. The Kier molecular flexibility index (Phi) is 4.12. The molecule has 0 heterocycles. The van der Waals surface area contributed by atoms with Crippen LogP contribution in [0.15, 0.2) is 24.3 Å². The number of amides is 1. The predicted molar refractivity (Wildman–Crippen MR) is 61.9 cm³/mol. The van der Waals surface area contributed by atoms with Crippen molar-refractivity contribution in [2.45, 2.75) is 18.9 Å². The van der Waals surface area contributed by atoms with Crippen molar-refractivity contribution in [3.63, 3.8) is 0 Å². The summed E-state index contributed by atoms with van der Waals surface area (Å²) in [7, 11) is 0. The van der Waals surface area contributed by atoms with Crippen LogP contribution in [-0.4, -0.2) is 12.5 Å². The Morgan fingerprint density at radius 3 is 2.93 bits per heavy atom. The van der Waals surface area contributed by atoms with Crippen molar-refractivity contribution in [1.82, 2.24) is 5.32 Å². The maximum Gasteiger partial charge on any atom is 0.234 e. The van der Waals surface area contributed by atoms with E-state index in [1.165, 1.54) is 11.1 Å². The molecule has 0 saturated carbocycles. The van der Waals surface area contributed by atoms with Gasteiger partial charge in [0.25, 0.3) is 0 Å². The van der Waals surface area contributed by atoms with Crippen molar-refractivity contribution in [2.75, 3.05) is 6.54 Å². The van der Waals surface area contributed by atoms with E-state index in [0.29, 0.717) is 0 Å². The van der Waals surface area contributed by atoms with Crippen LogP contribution in [-0.2, 0) is 11.2 Å². The lowest BCUT2D eigenvalue weighted by atomic mass is 10.1. The molecule has 1 aromatic rings. The maximum absolute atomic E-state index is 11.1. The molecule has 1 amide bonds. The first kappa shape index (κ1) is 12.0. The summed E-state index contributed by atoms with van der Waals surface area (Å²) in [6.45, 7) is 0.0681. The zero-order valence-electron chi connectivity index (χ0n) is 8.40. The summed E-state index contributed by atoms with van der Waals surface area (Å²) < 4.78 is 0. The third-order valence-corrected chi connectivity index (χ3v) is 2.65. The van der Waals surface area contributed by atoms with Gasteiger partial charge in [-0.2, -0.15) is 0 Å². The number of aryl methyl sites for hydroxylation is 1. The Bertz CT molecular complexity index is 354. The van der Waals surface area contributed by atoms with E-state index in [1.54, 1.807) is 0 Å². The van der Waals surface area contributed by atoms with Gasteiger partial charge in [0.15, 0.2) is 0 Å². The third kappa shape index (κ3) is 2.49. The van der Waals surface area contributed by atoms with Crippen molar-refractivity contribution in [3.8, 4) is 0 Å². The molecule has 1 atom stereocenters. The molecule has 1 aliphatic carbocycles. The quantitative estimate of drug-likeness (QED) is 0.796. The van der Waals surface area contributed by atoms with Crippen LogP contribution in [0.5, 0.6) is 0 Å². The van der Waals surface area contributed by atoms with E-state index in [1.807, 2.05) is 12.1 Å². The van der Waals surface area contributed by atoms with E-state index in [4.69, 9.17) is 5.73 Å². The van der Waals surface area contributed by atoms with Crippen LogP contribution in [0.3, 0.4) is 0 Å². The number of carbonyl (C=O) groups excluding carboxylic acids is 1. The van der Waals surface area contributed by atoms with Crippen molar-refractivity contribution in [1.29, 1.82) is 0 Å². The van der Waals surface area contributed by atoms with Gasteiger partial charge in [-0.25, -0.2) is 0 Å². The number of halogens is 1. The standard InChI is InChI=1S/C11H14N2O.ClH/c12-7-11(14)13-10-6-5-8-3-1-2-4-9(8)10;/h1-4,10H,5-7,12H2,(H,13,14);1H. The minimum atomic E-state index is -0.0771. The van der Waals surface area contributed by atoms with Crippen LogP contribution in [0.2, 0.25) is 0 Å². The van der Waals surface area contributed by atoms with Gasteiger partial charge in [-0.3, -0.25) is 4.79 Å². The lowest BCUT2D eigenvalue weighted by Gasteiger charge is -2.12. The lowest BCUT2D eigenvalue weighted by Crippen LogP contribution is -2.32. The molecule has 0 fully saturated rings. The molecule has 4 heteroatoms. The Morgan fingerprint density at radius 2 is 2.20 bits per heavy atom. The normalized spacial score (nSPS) is 17.8. The van der Waals surface area contributed by atoms with Gasteiger partial charge in [0, 0.05) is 0 Å². The number of hydrogen-bond acceptors (Lipinski definition) is 2. The van der Waals surface area contributed by atoms with E-state index in [0.717, 1.165) is 12.8 Å². The second-order valence-electron chi connectivity index (χ2n) is 3.56. The largest absolute Gasteiger partial charge is 0.348 e. The highest BCUT2D eigenvalue weighted by Gasteiger charge is 2.22. The van der Waals surface area contributed by atoms with E-state index in [-0.39, 0.29) is 30.9 Å². The summed E-state index contributed by atoms with van der Waals surface area (Å²) >= 11 is 0. The Balaban J connectivity index is 0.00000112. The molecule has 0 radical (unpaired) electrons. The first-order valence-electron chi connectivity index (χ1n) is 4.88. The molecule has 0 aromatic heterocycles. The molecule has 1 unspecified atom stereocenters. The molecular weight excluding hydrogens is 212 g/mol. The minimum Gasteiger partial charge on any atom is -0.348 e. The topological polar surface area (TPSA) is 55.1 Å². The van der Waals surface area contributed by atoms with Crippen LogP contribution in [0, 0.1) is 0 Å². The fourth-order valence-electron chi connectivity index (χ4n) is 1.96. The molecule has 15 heavy (non-hydrogen) atoms. The number of nitrogens with one attached hydrogen (secondary N) is 1. The Labute approximate surface area is 95.5 Å². The van der Waals surface area contributed by atoms with E-state index in [2.05, 4.69) is 17.4 Å². The monoisotopic (exact) mass is 226 g/mol. The molecule has 3 N–H and O–H groups in total. The SMILES string of the molecule is Cl.NCC(=O)NC1CCc2ccccc21. The molecule has 2 rings (SSSR count). The summed E-state index contributed by atoms with van der Waals surface area (Å²) in [5.41, 5.74) is 7.85. The minimum absolute atomic E-state index is 0. The molecule has 3 nitrogen and oxygen atoms in total. The van der Waals surface area contributed by atoms with Crippen molar-refractivity contribution < 1.29 is 4.79 Å². The van der Waals surface area contributed by atoms with Gasteiger partial charge in [-0.1, -0.05) is 24.3 Å². The van der Waals surface area contributed by atoms with Gasteiger partial charge in [-0.05, 0) is 24.0 Å². The summed E-state index contributed by atoms with van der Waals surface area (Å²) in [6, 6.07) is 8.40. The number of carbonyl (C=O) groups is 1. The second kappa shape index (κ2) is 5.14. The molecule has 0 saturated heterocycles. The summed E-state index contributed by atoms with van der Waals surface area (Å²) in [4.78, 5) is 11.1. The van der Waals surface area contributed by atoms with Crippen LogP contribution in [0.1, 0.15) is 23.6 Å². The highest BCUT2D eigenvalue weighted by molar-refractivity contribution is 5.85. The van der Waals surface area contributed by atoms with Crippen LogP contribution in [0.4, 0.5) is 0 Å². The van der Waals surface area contributed by atoms with Gasteiger partial charge in [-0.15, -0.1) is 12.4 Å². The van der Waals surface area contributed by atoms with Gasteiger partial charge in [0.05, 0.1) is 12.6 Å². The van der Waals surface area contributed by atoms with Crippen LogP contribution in [0.25, 0.3) is 0 Å². The summed E-state index contributed by atoms with van der Waals surface area (Å²) in [5, 5.41) is 2.92. The molecule has 1 aromatic carbocycles. The second-order valence-corrected chi connectivity index (χ2v) is 3.56. The molecule has 0 bridgehead atoms. The van der Waals surface area contributed by atoms with Gasteiger partial charge >= 0.3 is 0 Å². The summed E-state index contributed by atoms with van der Waals surface area (Å²) in [6.07, 6.45) is 2.04. The average molecular weight is 227 g/mol. The highest BCUT2D eigenvalue weighted by atomic mass is 35.5. The zero-order chi connectivity index (χ0) is 9.97. The van der Waals surface area contributed by atoms with Crippen molar-refractivity contribution in [3.05, 3.63) is 35.4 Å². The van der Waals surface area contributed by atoms with Gasteiger partial charge in [0.1, 0.15) is 0 Å². The highest BCUT2D eigenvalue weighted by Crippen LogP contribution is 2.30. The van der Waals surface area contributed by atoms with Gasteiger partial charge < -0.3 is 11.1 Å². The lowest BCUT2D eigenvalue weighted by molar-refractivity contribution is -0.120. The molecular formula is C11H15ClN2O. The maximum atomic E-state index is 11.1. The van der Waals surface area contributed by atoms with Crippen LogP contribution < -0.4 is 11.1 Å². The molecule has 0 aliphatic heterocycles. The Hall–Kier alpha value is -1.06. The van der Waals surface area contributed by atoms with Gasteiger partial charge in [0.2, 0.25) is 5.91 Å². The third-order valence-electron chi connectivity index (χ3n) is 2.65. The first-order valence-corrected chi connectivity index (χ1v) is 4.88.